The Labute approximate surface area is 187 Å². The smallest absolute Gasteiger partial charge is 0.232 e. The van der Waals surface area contributed by atoms with Gasteiger partial charge >= 0.3 is 0 Å². The van der Waals surface area contributed by atoms with Crippen LogP contribution >= 0.6 is 0 Å². The molecule has 0 radical (unpaired) electrons. The molecule has 0 bridgehead atoms. The molecular weight excluding hydrogens is 410 g/mol. The molecule has 1 amide bonds. The Morgan fingerprint density at radius 2 is 1.84 bits per heavy atom. The van der Waals surface area contributed by atoms with Gasteiger partial charge in [-0.2, -0.15) is 4.98 Å². The molecule has 4 rings (SSSR count). The Morgan fingerprint density at radius 3 is 2.53 bits per heavy atom. The van der Waals surface area contributed by atoms with Gasteiger partial charge in [0.2, 0.25) is 17.6 Å². The van der Waals surface area contributed by atoms with E-state index in [1.54, 1.807) is 19.1 Å². The molecule has 32 heavy (non-hydrogen) atoms. The Bertz CT molecular complexity index is 1080. The minimum absolute atomic E-state index is 0.0443. The van der Waals surface area contributed by atoms with Crippen molar-refractivity contribution in [1.82, 2.24) is 15.0 Å². The van der Waals surface area contributed by atoms with E-state index < -0.39 is 0 Å². The largest absolute Gasteiger partial charge is 0.497 e. The maximum absolute atomic E-state index is 12.6. The average molecular weight is 437 g/mol. The minimum Gasteiger partial charge on any atom is -0.497 e. The van der Waals surface area contributed by atoms with Crippen LogP contribution in [0.4, 0.5) is 0 Å². The molecule has 0 spiro atoms. The fourth-order valence-corrected chi connectivity index (χ4v) is 3.75. The standard InChI is InChI=1S/C24H27N3O5/c1-15(2)31-19-8-5-16(6-9-19)23-25-24(32-26-23)18-11-22(28)27(14-18)13-17-7-10-20(29-3)12-21(17)30-4/h5-10,12,15,18H,11,13-14H2,1-4H3. The number of hydrogen-bond donors (Lipinski definition) is 0. The van der Waals surface area contributed by atoms with Crippen LogP contribution in [0.15, 0.2) is 47.0 Å². The van der Waals surface area contributed by atoms with E-state index in [2.05, 4.69) is 10.1 Å². The van der Waals surface area contributed by atoms with Gasteiger partial charge in [-0.3, -0.25) is 4.79 Å². The average Bonchev–Trinajstić information content (AvgIpc) is 3.41. The van der Waals surface area contributed by atoms with Crippen molar-refractivity contribution in [1.29, 1.82) is 0 Å². The molecular formula is C24H27N3O5. The van der Waals surface area contributed by atoms with E-state index in [1.807, 2.05) is 56.3 Å². The van der Waals surface area contributed by atoms with E-state index in [-0.39, 0.29) is 17.9 Å². The van der Waals surface area contributed by atoms with Crippen molar-refractivity contribution in [3.05, 3.63) is 53.9 Å². The highest BCUT2D eigenvalue weighted by Crippen LogP contribution is 2.32. The van der Waals surface area contributed by atoms with E-state index in [9.17, 15) is 4.79 Å². The van der Waals surface area contributed by atoms with E-state index in [4.69, 9.17) is 18.7 Å². The Morgan fingerprint density at radius 1 is 1.09 bits per heavy atom. The summed E-state index contributed by atoms with van der Waals surface area (Å²) in [5, 5.41) is 4.11. The number of ether oxygens (including phenoxy) is 3. The zero-order valence-electron chi connectivity index (χ0n) is 18.7. The summed E-state index contributed by atoms with van der Waals surface area (Å²) in [5.41, 5.74) is 1.75. The van der Waals surface area contributed by atoms with Crippen molar-refractivity contribution in [2.45, 2.75) is 38.8 Å². The summed E-state index contributed by atoms with van der Waals surface area (Å²) in [7, 11) is 3.21. The molecule has 1 saturated heterocycles. The van der Waals surface area contributed by atoms with Gasteiger partial charge < -0.3 is 23.6 Å². The molecule has 168 valence electrons. The van der Waals surface area contributed by atoms with Crippen molar-refractivity contribution in [3.63, 3.8) is 0 Å². The predicted molar refractivity (Wildman–Crippen MR) is 118 cm³/mol. The van der Waals surface area contributed by atoms with E-state index in [1.165, 1.54) is 0 Å². The van der Waals surface area contributed by atoms with Crippen LogP contribution in [0.1, 0.15) is 37.6 Å². The lowest BCUT2D eigenvalue weighted by atomic mass is 10.1. The lowest BCUT2D eigenvalue weighted by molar-refractivity contribution is -0.128. The fourth-order valence-electron chi connectivity index (χ4n) is 3.75. The highest BCUT2D eigenvalue weighted by Gasteiger charge is 2.34. The molecule has 3 aromatic rings. The third-order valence-corrected chi connectivity index (χ3v) is 5.35. The van der Waals surface area contributed by atoms with Gasteiger partial charge in [0.05, 0.1) is 26.2 Å². The molecule has 1 atom stereocenters. The van der Waals surface area contributed by atoms with Crippen LogP contribution in [0.5, 0.6) is 17.2 Å². The number of aromatic nitrogens is 2. The van der Waals surface area contributed by atoms with Crippen molar-refractivity contribution in [2.75, 3.05) is 20.8 Å². The van der Waals surface area contributed by atoms with Crippen molar-refractivity contribution < 1.29 is 23.5 Å². The molecule has 0 N–H and O–H groups in total. The third kappa shape index (κ3) is 4.69. The summed E-state index contributed by atoms with van der Waals surface area (Å²) < 4.78 is 21.9. The fraction of sp³-hybridized carbons (Fsp3) is 0.375. The highest BCUT2D eigenvalue weighted by molar-refractivity contribution is 5.79. The number of carbonyl (C=O) groups is 1. The molecule has 0 saturated carbocycles. The molecule has 8 nitrogen and oxygen atoms in total. The first-order chi connectivity index (χ1) is 15.5. The van der Waals surface area contributed by atoms with Gasteiger partial charge in [-0.15, -0.1) is 0 Å². The van der Waals surface area contributed by atoms with E-state index in [0.29, 0.717) is 42.7 Å². The monoisotopic (exact) mass is 437 g/mol. The third-order valence-electron chi connectivity index (χ3n) is 5.35. The van der Waals surface area contributed by atoms with Gasteiger partial charge in [-0.05, 0) is 50.2 Å². The van der Waals surface area contributed by atoms with Gasteiger partial charge in [0.1, 0.15) is 17.2 Å². The predicted octanol–water partition coefficient (Wildman–Crippen LogP) is 4.06. The lowest BCUT2D eigenvalue weighted by Crippen LogP contribution is -2.24. The maximum Gasteiger partial charge on any atom is 0.232 e. The lowest BCUT2D eigenvalue weighted by Gasteiger charge is -2.18. The molecule has 2 heterocycles. The molecule has 2 aromatic carbocycles. The quantitative estimate of drug-likeness (QED) is 0.525. The van der Waals surface area contributed by atoms with E-state index >= 15 is 0 Å². The number of hydrogen-bond acceptors (Lipinski definition) is 7. The van der Waals surface area contributed by atoms with Gasteiger partial charge in [0.15, 0.2) is 0 Å². The number of rotatable bonds is 8. The van der Waals surface area contributed by atoms with Crippen LogP contribution in [-0.4, -0.2) is 47.8 Å². The first-order valence-corrected chi connectivity index (χ1v) is 10.6. The molecule has 0 aliphatic carbocycles. The van der Waals surface area contributed by atoms with Crippen LogP contribution in [0.3, 0.4) is 0 Å². The molecule has 1 aromatic heterocycles. The van der Waals surface area contributed by atoms with Crippen LogP contribution in [0, 0.1) is 0 Å². The van der Waals surface area contributed by atoms with Crippen molar-refractivity contribution >= 4 is 5.91 Å². The number of likely N-dealkylation sites (tertiary alicyclic amines) is 1. The van der Waals surface area contributed by atoms with Crippen LogP contribution in [0.25, 0.3) is 11.4 Å². The normalized spacial score (nSPS) is 16.0. The molecule has 1 unspecified atom stereocenters. The first kappa shape index (κ1) is 21.7. The molecule has 8 heteroatoms. The topological polar surface area (TPSA) is 86.9 Å². The molecule has 1 aliphatic heterocycles. The zero-order chi connectivity index (χ0) is 22.7. The van der Waals surface area contributed by atoms with Crippen LogP contribution < -0.4 is 14.2 Å². The van der Waals surface area contributed by atoms with E-state index in [0.717, 1.165) is 16.9 Å². The SMILES string of the molecule is COc1ccc(CN2CC(c3nc(-c4ccc(OC(C)C)cc4)no3)CC2=O)c(OC)c1. The summed E-state index contributed by atoms with van der Waals surface area (Å²) in [6, 6.07) is 13.1. The second kappa shape index (κ2) is 9.30. The summed E-state index contributed by atoms with van der Waals surface area (Å²) >= 11 is 0. The Kier molecular flexibility index (Phi) is 6.30. The molecule has 1 fully saturated rings. The Hall–Kier alpha value is -3.55. The van der Waals surface area contributed by atoms with Gasteiger partial charge in [-0.1, -0.05) is 5.16 Å². The number of carbonyl (C=O) groups excluding carboxylic acids is 1. The second-order valence-electron chi connectivity index (χ2n) is 8.00. The van der Waals surface area contributed by atoms with Crippen molar-refractivity contribution in [2.24, 2.45) is 0 Å². The number of nitrogens with zero attached hydrogens (tertiary/aromatic N) is 3. The summed E-state index contributed by atoms with van der Waals surface area (Å²) in [6.07, 6.45) is 0.444. The number of amides is 1. The maximum atomic E-state index is 12.6. The number of methoxy groups -OCH3 is 2. The Balaban J connectivity index is 1.44. The zero-order valence-corrected chi connectivity index (χ0v) is 18.7. The van der Waals surface area contributed by atoms with Crippen LogP contribution in [0.2, 0.25) is 0 Å². The van der Waals surface area contributed by atoms with Crippen LogP contribution in [-0.2, 0) is 11.3 Å². The summed E-state index contributed by atoms with van der Waals surface area (Å²) in [5.74, 6) is 3.06. The van der Waals surface area contributed by atoms with Gasteiger partial charge in [0, 0.05) is 36.7 Å². The first-order valence-electron chi connectivity index (χ1n) is 10.6. The van der Waals surface area contributed by atoms with Crippen molar-refractivity contribution in [3.8, 4) is 28.6 Å². The van der Waals surface area contributed by atoms with Gasteiger partial charge in [0.25, 0.3) is 0 Å². The minimum atomic E-state index is -0.142. The number of benzene rings is 2. The summed E-state index contributed by atoms with van der Waals surface area (Å²) in [6.45, 7) is 4.92. The highest BCUT2D eigenvalue weighted by atomic mass is 16.5. The molecule has 1 aliphatic rings. The second-order valence-corrected chi connectivity index (χ2v) is 8.00. The van der Waals surface area contributed by atoms with Gasteiger partial charge in [-0.25, -0.2) is 0 Å². The summed E-state index contributed by atoms with van der Waals surface area (Å²) in [4.78, 5) is 19.0.